The van der Waals surface area contributed by atoms with Gasteiger partial charge in [-0.1, -0.05) is 12.8 Å². The molecule has 1 fully saturated rings. The summed E-state index contributed by atoms with van der Waals surface area (Å²) in [6.07, 6.45) is 5.36. The maximum absolute atomic E-state index is 9.98. The maximum Gasteiger partial charge on any atom is 0.120 e. The molecule has 2 atom stereocenters. The average molecular weight is 263 g/mol. The lowest BCUT2D eigenvalue weighted by atomic mass is 9.97. The Bertz CT molecular complexity index is 413. The molecule has 1 aliphatic carbocycles. The number of nitrogens with one attached hydrogen (secondary N) is 1. The van der Waals surface area contributed by atoms with Crippen LogP contribution in [-0.2, 0) is 0 Å². The first kappa shape index (κ1) is 14.2. The molecular formula is C16H25NO2. The summed E-state index contributed by atoms with van der Waals surface area (Å²) in [5.41, 5.74) is 0.907. The monoisotopic (exact) mass is 263 g/mol. The molecule has 1 aliphatic rings. The quantitative estimate of drug-likeness (QED) is 0.852. The second kappa shape index (κ2) is 6.29. The zero-order valence-corrected chi connectivity index (χ0v) is 12.1. The van der Waals surface area contributed by atoms with Crippen LogP contribution in [0.4, 0.5) is 0 Å². The molecule has 0 heterocycles. The van der Waals surface area contributed by atoms with Crippen LogP contribution < -0.4 is 10.1 Å². The molecule has 0 saturated heterocycles. The van der Waals surface area contributed by atoms with E-state index in [9.17, 15) is 5.11 Å². The molecule has 1 aromatic rings. The van der Waals surface area contributed by atoms with E-state index in [1.54, 1.807) is 19.2 Å². The van der Waals surface area contributed by atoms with E-state index in [1.165, 1.54) is 25.7 Å². The lowest BCUT2D eigenvalue weighted by Crippen LogP contribution is -2.34. The average Bonchev–Trinajstić information content (AvgIpc) is 2.93. The summed E-state index contributed by atoms with van der Waals surface area (Å²) >= 11 is 0. The highest BCUT2D eigenvalue weighted by molar-refractivity contribution is 5.41. The second-order valence-corrected chi connectivity index (χ2v) is 5.65. The van der Waals surface area contributed by atoms with Gasteiger partial charge in [-0.15, -0.1) is 0 Å². The molecule has 2 N–H and O–H groups in total. The Morgan fingerprint density at radius 1 is 1.26 bits per heavy atom. The Kier molecular flexibility index (Phi) is 4.70. The first-order chi connectivity index (χ1) is 9.11. The molecule has 106 valence electrons. The van der Waals surface area contributed by atoms with Crippen molar-refractivity contribution in [2.45, 2.75) is 51.6 Å². The normalized spacial score (nSPS) is 19.3. The fourth-order valence-corrected chi connectivity index (χ4v) is 3.08. The number of phenols is 1. The fourth-order valence-electron chi connectivity index (χ4n) is 3.08. The smallest absolute Gasteiger partial charge is 0.120 e. The van der Waals surface area contributed by atoms with Crippen LogP contribution in [0.5, 0.6) is 11.5 Å². The number of hydrogen-bond acceptors (Lipinski definition) is 3. The van der Waals surface area contributed by atoms with Crippen LogP contribution in [-0.4, -0.2) is 18.3 Å². The Morgan fingerprint density at radius 3 is 2.58 bits per heavy atom. The van der Waals surface area contributed by atoms with E-state index < -0.39 is 0 Å². The van der Waals surface area contributed by atoms with E-state index in [-0.39, 0.29) is 6.04 Å². The summed E-state index contributed by atoms with van der Waals surface area (Å²) in [5, 5.41) is 13.6. The Hall–Kier alpha value is -1.22. The fraction of sp³-hybridized carbons (Fsp3) is 0.625. The van der Waals surface area contributed by atoms with E-state index >= 15 is 0 Å². The summed E-state index contributed by atoms with van der Waals surface area (Å²) < 4.78 is 5.23. The van der Waals surface area contributed by atoms with Crippen LogP contribution in [0.2, 0.25) is 0 Å². The molecule has 1 aromatic carbocycles. The van der Waals surface area contributed by atoms with E-state index in [4.69, 9.17) is 4.74 Å². The van der Waals surface area contributed by atoms with Crippen molar-refractivity contribution in [2.75, 3.05) is 7.11 Å². The zero-order chi connectivity index (χ0) is 13.8. The van der Waals surface area contributed by atoms with Gasteiger partial charge < -0.3 is 15.2 Å². The summed E-state index contributed by atoms with van der Waals surface area (Å²) in [5.74, 6) is 1.89. The van der Waals surface area contributed by atoms with Gasteiger partial charge in [0.25, 0.3) is 0 Å². The minimum atomic E-state index is 0.130. The van der Waals surface area contributed by atoms with E-state index in [0.29, 0.717) is 11.8 Å². The number of aromatic hydroxyl groups is 1. The Labute approximate surface area is 116 Å². The molecule has 3 nitrogen and oxygen atoms in total. The van der Waals surface area contributed by atoms with Gasteiger partial charge in [-0.2, -0.15) is 0 Å². The Morgan fingerprint density at radius 2 is 1.95 bits per heavy atom. The minimum absolute atomic E-state index is 0.130. The maximum atomic E-state index is 9.98. The third-order valence-corrected chi connectivity index (χ3v) is 4.32. The summed E-state index contributed by atoms with van der Waals surface area (Å²) in [4.78, 5) is 0. The van der Waals surface area contributed by atoms with Gasteiger partial charge in [0, 0.05) is 17.6 Å². The van der Waals surface area contributed by atoms with Crippen molar-refractivity contribution in [3.05, 3.63) is 23.8 Å². The Balaban J connectivity index is 2.04. The van der Waals surface area contributed by atoms with Crippen molar-refractivity contribution in [3.63, 3.8) is 0 Å². The van der Waals surface area contributed by atoms with Gasteiger partial charge in [-0.05, 0) is 50.8 Å². The lowest BCUT2D eigenvalue weighted by Gasteiger charge is -2.25. The van der Waals surface area contributed by atoms with Crippen LogP contribution in [0, 0.1) is 5.92 Å². The number of ether oxygens (including phenoxy) is 1. The molecule has 0 bridgehead atoms. The van der Waals surface area contributed by atoms with Crippen LogP contribution in [0.3, 0.4) is 0 Å². The number of methoxy groups -OCH3 is 1. The summed E-state index contributed by atoms with van der Waals surface area (Å²) in [7, 11) is 1.65. The van der Waals surface area contributed by atoms with Gasteiger partial charge in [0.15, 0.2) is 0 Å². The molecule has 1 unspecified atom stereocenters. The highest BCUT2D eigenvalue weighted by atomic mass is 16.5. The van der Waals surface area contributed by atoms with Crippen LogP contribution in [0.1, 0.15) is 51.1 Å². The van der Waals surface area contributed by atoms with E-state index in [0.717, 1.165) is 17.2 Å². The molecule has 0 amide bonds. The zero-order valence-electron chi connectivity index (χ0n) is 12.1. The van der Waals surface area contributed by atoms with Gasteiger partial charge in [0.1, 0.15) is 11.5 Å². The molecule has 0 aromatic heterocycles. The topological polar surface area (TPSA) is 41.5 Å². The minimum Gasteiger partial charge on any atom is -0.508 e. The van der Waals surface area contributed by atoms with Crippen molar-refractivity contribution >= 4 is 0 Å². The first-order valence-corrected chi connectivity index (χ1v) is 7.24. The predicted octanol–water partition coefficient (Wildman–Crippen LogP) is 3.63. The van der Waals surface area contributed by atoms with Gasteiger partial charge >= 0.3 is 0 Å². The van der Waals surface area contributed by atoms with E-state index in [1.807, 2.05) is 6.07 Å². The van der Waals surface area contributed by atoms with Crippen LogP contribution in [0.15, 0.2) is 18.2 Å². The largest absolute Gasteiger partial charge is 0.508 e. The van der Waals surface area contributed by atoms with Crippen molar-refractivity contribution in [2.24, 2.45) is 5.92 Å². The molecule has 1 saturated carbocycles. The number of benzene rings is 1. The third-order valence-electron chi connectivity index (χ3n) is 4.32. The number of hydrogen-bond donors (Lipinski definition) is 2. The molecule has 19 heavy (non-hydrogen) atoms. The number of phenolic OH excluding ortho intramolecular Hbond substituents is 1. The lowest BCUT2D eigenvalue weighted by molar-refractivity contribution is 0.346. The van der Waals surface area contributed by atoms with Crippen LogP contribution in [0.25, 0.3) is 0 Å². The van der Waals surface area contributed by atoms with Crippen molar-refractivity contribution in [1.82, 2.24) is 5.32 Å². The van der Waals surface area contributed by atoms with Crippen molar-refractivity contribution < 1.29 is 9.84 Å². The van der Waals surface area contributed by atoms with Gasteiger partial charge in [-0.3, -0.25) is 0 Å². The second-order valence-electron chi connectivity index (χ2n) is 5.65. The molecule has 2 rings (SSSR count). The number of rotatable bonds is 5. The highest BCUT2D eigenvalue weighted by Crippen LogP contribution is 2.31. The molecule has 0 aliphatic heterocycles. The highest BCUT2D eigenvalue weighted by Gasteiger charge is 2.23. The van der Waals surface area contributed by atoms with Gasteiger partial charge in [-0.25, -0.2) is 0 Å². The first-order valence-electron chi connectivity index (χ1n) is 7.24. The van der Waals surface area contributed by atoms with Gasteiger partial charge in [0.2, 0.25) is 0 Å². The molecule has 0 radical (unpaired) electrons. The standard InChI is InChI=1S/C16H25NO2/c1-11(13-6-4-5-7-13)17-12(2)15-10-14(19-3)8-9-16(15)18/h8-13,17-18H,4-7H2,1-3H3/t11-,12?/m1/s1. The van der Waals surface area contributed by atoms with Gasteiger partial charge in [0.05, 0.1) is 7.11 Å². The summed E-state index contributed by atoms with van der Waals surface area (Å²) in [6.45, 7) is 4.35. The third kappa shape index (κ3) is 3.41. The van der Waals surface area contributed by atoms with Crippen molar-refractivity contribution in [1.29, 1.82) is 0 Å². The van der Waals surface area contributed by atoms with Crippen molar-refractivity contribution in [3.8, 4) is 11.5 Å². The summed E-state index contributed by atoms with van der Waals surface area (Å²) in [6, 6.07) is 6.01. The SMILES string of the molecule is COc1ccc(O)c(C(C)N[C@H](C)C2CCCC2)c1. The molecule has 0 spiro atoms. The molecule has 3 heteroatoms. The molecular weight excluding hydrogens is 238 g/mol. The predicted molar refractivity (Wildman–Crippen MR) is 77.6 cm³/mol. The van der Waals surface area contributed by atoms with Crippen LogP contribution >= 0.6 is 0 Å². The van der Waals surface area contributed by atoms with E-state index in [2.05, 4.69) is 19.2 Å².